The van der Waals surface area contributed by atoms with Gasteiger partial charge in [-0.3, -0.25) is 0 Å². The molecule has 0 radical (unpaired) electrons. The molecule has 0 spiro atoms. The monoisotopic (exact) mass is 422 g/mol. The summed E-state index contributed by atoms with van der Waals surface area (Å²) >= 11 is 0. The van der Waals surface area contributed by atoms with Crippen molar-refractivity contribution in [1.29, 1.82) is 0 Å². The Kier molecular flexibility index (Phi) is 8.44. The molecule has 3 aromatic rings. The first-order chi connectivity index (χ1) is 15.1. The zero-order valence-corrected chi connectivity index (χ0v) is 17.4. The minimum absolute atomic E-state index is 0.0242. The van der Waals surface area contributed by atoms with Gasteiger partial charge < -0.3 is 31.1 Å². The summed E-state index contributed by atoms with van der Waals surface area (Å²) in [4.78, 5) is 0. The van der Waals surface area contributed by atoms with Crippen LogP contribution in [0.4, 0.5) is 5.69 Å². The van der Waals surface area contributed by atoms with Gasteiger partial charge in [0, 0.05) is 24.3 Å². The average molecular weight is 423 g/mol. The number of hydrogen-bond acceptors (Lipinski definition) is 6. The van der Waals surface area contributed by atoms with Crippen molar-refractivity contribution in [3.05, 3.63) is 95.1 Å². The van der Waals surface area contributed by atoms with Crippen LogP contribution in [-0.2, 0) is 13.0 Å². The predicted molar refractivity (Wildman–Crippen MR) is 122 cm³/mol. The minimum Gasteiger partial charge on any atom is -0.508 e. The molecule has 0 aliphatic carbocycles. The molecule has 0 fully saturated rings. The second-order valence-electron chi connectivity index (χ2n) is 7.52. The third kappa shape index (κ3) is 6.80. The van der Waals surface area contributed by atoms with E-state index in [1.807, 2.05) is 48.5 Å². The van der Waals surface area contributed by atoms with Crippen molar-refractivity contribution in [2.24, 2.45) is 0 Å². The van der Waals surface area contributed by atoms with E-state index < -0.39 is 12.2 Å². The molecule has 6 nitrogen and oxygen atoms in total. The van der Waals surface area contributed by atoms with E-state index in [0.717, 1.165) is 23.2 Å². The van der Waals surface area contributed by atoms with Crippen molar-refractivity contribution in [2.45, 2.75) is 25.2 Å². The van der Waals surface area contributed by atoms with Crippen molar-refractivity contribution in [3.8, 4) is 5.75 Å². The van der Waals surface area contributed by atoms with Crippen LogP contribution in [0, 0.1) is 0 Å². The maximum atomic E-state index is 10.3. The lowest BCUT2D eigenvalue weighted by atomic mass is 10.1. The van der Waals surface area contributed by atoms with Crippen molar-refractivity contribution in [3.63, 3.8) is 0 Å². The molecule has 2 atom stereocenters. The smallest absolute Gasteiger partial charge is 0.121 e. The molecule has 0 aromatic heterocycles. The highest BCUT2D eigenvalue weighted by atomic mass is 16.3. The summed E-state index contributed by atoms with van der Waals surface area (Å²) in [5, 5.41) is 46.0. The Balaban J connectivity index is 1.44. The lowest BCUT2D eigenvalue weighted by Crippen LogP contribution is -2.23. The number of rotatable bonds is 11. The molecule has 164 valence electrons. The Bertz CT molecular complexity index is 949. The number of anilines is 1. The van der Waals surface area contributed by atoms with Gasteiger partial charge in [0.25, 0.3) is 0 Å². The van der Waals surface area contributed by atoms with Crippen LogP contribution in [0.5, 0.6) is 5.75 Å². The van der Waals surface area contributed by atoms with E-state index in [9.17, 15) is 20.4 Å². The minimum atomic E-state index is -0.724. The lowest BCUT2D eigenvalue weighted by molar-refractivity contribution is 0.174. The van der Waals surface area contributed by atoms with Gasteiger partial charge in [-0.05, 0) is 53.9 Å². The van der Waals surface area contributed by atoms with Crippen LogP contribution in [0.2, 0.25) is 0 Å². The van der Waals surface area contributed by atoms with Crippen LogP contribution in [0.15, 0.2) is 72.8 Å². The lowest BCUT2D eigenvalue weighted by Gasteiger charge is -2.15. The van der Waals surface area contributed by atoms with Gasteiger partial charge in [-0.25, -0.2) is 0 Å². The van der Waals surface area contributed by atoms with Crippen molar-refractivity contribution in [2.75, 3.05) is 25.0 Å². The SMILES string of the molecule is OCc1cc([C@@H](O)CNCCc2cccc(NC[C@@H](O)c3ccccc3)c2)ccc1O. The summed E-state index contributed by atoms with van der Waals surface area (Å²) < 4.78 is 0. The Hall–Kier alpha value is -2.90. The fourth-order valence-corrected chi connectivity index (χ4v) is 3.37. The van der Waals surface area contributed by atoms with Gasteiger partial charge in [0.2, 0.25) is 0 Å². The van der Waals surface area contributed by atoms with E-state index in [4.69, 9.17) is 0 Å². The predicted octanol–water partition coefficient (Wildman–Crippen LogP) is 2.90. The van der Waals surface area contributed by atoms with E-state index in [1.165, 1.54) is 6.07 Å². The maximum absolute atomic E-state index is 10.3. The summed E-state index contributed by atoms with van der Waals surface area (Å²) in [6.07, 6.45) is -0.501. The number of aliphatic hydroxyl groups excluding tert-OH is 3. The Labute approximate surface area is 182 Å². The normalized spacial score (nSPS) is 13.0. The zero-order valence-electron chi connectivity index (χ0n) is 17.4. The fourth-order valence-electron chi connectivity index (χ4n) is 3.37. The number of aromatic hydroxyl groups is 1. The first-order valence-electron chi connectivity index (χ1n) is 10.4. The van der Waals surface area contributed by atoms with Gasteiger partial charge in [0.15, 0.2) is 0 Å². The Morgan fingerprint density at radius 3 is 2.32 bits per heavy atom. The van der Waals surface area contributed by atoms with Crippen LogP contribution in [0.25, 0.3) is 0 Å². The first-order valence-corrected chi connectivity index (χ1v) is 10.4. The van der Waals surface area contributed by atoms with Crippen LogP contribution in [0.1, 0.15) is 34.5 Å². The van der Waals surface area contributed by atoms with E-state index in [-0.39, 0.29) is 12.4 Å². The maximum Gasteiger partial charge on any atom is 0.121 e. The molecule has 3 aromatic carbocycles. The highest BCUT2D eigenvalue weighted by molar-refractivity contribution is 5.46. The van der Waals surface area contributed by atoms with Crippen LogP contribution < -0.4 is 10.6 Å². The molecule has 0 saturated carbocycles. The Morgan fingerprint density at radius 2 is 1.55 bits per heavy atom. The molecule has 0 amide bonds. The average Bonchev–Trinajstić information content (AvgIpc) is 2.81. The van der Waals surface area contributed by atoms with Crippen LogP contribution in [-0.4, -0.2) is 40.1 Å². The molecule has 0 unspecified atom stereocenters. The second kappa shape index (κ2) is 11.5. The number of nitrogens with one attached hydrogen (secondary N) is 2. The molecule has 0 bridgehead atoms. The summed E-state index contributed by atoms with van der Waals surface area (Å²) in [5.41, 5.74) is 4.03. The van der Waals surface area contributed by atoms with Crippen LogP contribution in [0.3, 0.4) is 0 Å². The first kappa shape index (κ1) is 22.8. The number of aliphatic hydroxyl groups is 3. The van der Waals surface area contributed by atoms with Gasteiger partial charge in [-0.2, -0.15) is 0 Å². The highest BCUT2D eigenvalue weighted by Gasteiger charge is 2.10. The summed E-state index contributed by atoms with van der Waals surface area (Å²) in [6.45, 7) is 1.22. The highest BCUT2D eigenvalue weighted by Crippen LogP contribution is 2.22. The van der Waals surface area contributed by atoms with Crippen molar-refractivity contribution in [1.82, 2.24) is 5.32 Å². The quantitative estimate of drug-likeness (QED) is 0.266. The standard InChI is InChI=1S/C25H30N2O4/c28-17-21-14-20(9-10-23(21)29)24(30)15-26-12-11-18-5-4-8-22(13-18)27-16-25(31)19-6-2-1-3-7-19/h1-10,13-14,24-31H,11-12,15-17H2/t24-,25+/m0/s1. The zero-order chi connectivity index (χ0) is 22.1. The van der Waals surface area contributed by atoms with Gasteiger partial charge in [0.1, 0.15) is 5.75 Å². The van der Waals surface area contributed by atoms with Gasteiger partial charge in [0.05, 0.1) is 18.8 Å². The van der Waals surface area contributed by atoms with E-state index in [1.54, 1.807) is 12.1 Å². The van der Waals surface area contributed by atoms with E-state index >= 15 is 0 Å². The molecule has 0 aliphatic heterocycles. The Morgan fingerprint density at radius 1 is 0.774 bits per heavy atom. The molecule has 0 aliphatic rings. The third-order valence-corrected chi connectivity index (χ3v) is 5.20. The molecular weight excluding hydrogens is 392 g/mol. The number of phenols is 1. The fraction of sp³-hybridized carbons (Fsp3) is 0.280. The van der Waals surface area contributed by atoms with Crippen molar-refractivity contribution >= 4 is 5.69 Å². The summed E-state index contributed by atoms with van der Waals surface area (Å²) in [7, 11) is 0. The van der Waals surface area contributed by atoms with E-state index in [2.05, 4.69) is 16.7 Å². The molecule has 3 rings (SSSR count). The molecule has 6 N–H and O–H groups in total. The molecule has 31 heavy (non-hydrogen) atoms. The third-order valence-electron chi connectivity index (χ3n) is 5.20. The van der Waals surface area contributed by atoms with E-state index in [0.29, 0.717) is 30.8 Å². The topological polar surface area (TPSA) is 105 Å². The van der Waals surface area contributed by atoms with Gasteiger partial charge in [-0.1, -0.05) is 48.5 Å². The summed E-state index contributed by atoms with van der Waals surface area (Å²) in [5.74, 6) is 0.0242. The molecule has 6 heteroatoms. The summed E-state index contributed by atoms with van der Waals surface area (Å²) in [6, 6.07) is 22.4. The largest absolute Gasteiger partial charge is 0.508 e. The number of hydrogen-bond donors (Lipinski definition) is 6. The molecule has 0 heterocycles. The number of benzene rings is 3. The van der Waals surface area contributed by atoms with Crippen molar-refractivity contribution < 1.29 is 20.4 Å². The second-order valence-corrected chi connectivity index (χ2v) is 7.52. The molecule has 0 saturated heterocycles. The van der Waals surface area contributed by atoms with Gasteiger partial charge in [-0.15, -0.1) is 0 Å². The van der Waals surface area contributed by atoms with Crippen LogP contribution >= 0.6 is 0 Å². The van der Waals surface area contributed by atoms with Gasteiger partial charge >= 0.3 is 0 Å². The molecular formula is C25H30N2O4.